The van der Waals surface area contributed by atoms with Gasteiger partial charge in [0.1, 0.15) is 0 Å². The van der Waals surface area contributed by atoms with Crippen LogP contribution in [0.3, 0.4) is 0 Å². The van der Waals surface area contributed by atoms with E-state index in [4.69, 9.17) is 0 Å². The molecule has 3 fully saturated rings. The van der Waals surface area contributed by atoms with E-state index in [0.717, 1.165) is 44.5 Å². The van der Waals surface area contributed by atoms with Gasteiger partial charge in [0.25, 0.3) is 0 Å². The summed E-state index contributed by atoms with van der Waals surface area (Å²) in [6, 6.07) is 9.76. The smallest absolute Gasteiger partial charge is 0.236 e. The SMILES string of the molecule is O=C(Nc1ccccc1)C1CCN(C(=O)CN2CCC(NC(=O)C3CCCCC3)CC2)CC1. The minimum Gasteiger partial charge on any atom is -0.353 e. The number of hydrogen-bond donors (Lipinski definition) is 2. The van der Waals surface area contributed by atoms with Crippen molar-refractivity contribution in [3.05, 3.63) is 30.3 Å². The summed E-state index contributed by atoms with van der Waals surface area (Å²) >= 11 is 0. The minimum absolute atomic E-state index is 0.0437. The van der Waals surface area contributed by atoms with E-state index in [9.17, 15) is 14.4 Å². The van der Waals surface area contributed by atoms with Crippen LogP contribution in [0.1, 0.15) is 57.8 Å². The van der Waals surface area contributed by atoms with Gasteiger partial charge in [0.2, 0.25) is 17.7 Å². The summed E-state index contributed by atoms with van der Waals surface area (Å²) in [6.45, 7) is 3.40. The molecular formula is C26H38N4O3. The third kappa shape index (κ3) is 6.79. The predicted molar refractivity (Wildman–Crippen MR) is 129 cm³/mol. The lowest BCUT2D eigenvalue weighted by Gasteiger charge is -2.36. The molecule has 7 heteroatoms. The molecule has 2 heterocycles. The van der Waals surface area contributed by atoms with Crippen molar-refractivity contribution < 1.29 is 14.4 Å². The van der Waals surface area contributed by atoms with Crippen LogP contribution in [0.15, 0.2) is 30.3 Å². The van der Waals surface area contributed by atoms with Gasteiger partial charge in [-0.1, -0.05) is 37.5 Å². The zero-order valence-corrected chi connectivity index (χ0v) is 19.6. The number of amides is 3. The van der Waals surface area contributed by atoms with Gasteiger partial charge in [-0.3, -0.25) is 19.3 Å². The van der Waals surface area contributed by atoms with E-state index in [1.165, 1.54) is 19.3 Å². The van der Waals surface area contributed by atoms with E-state index < -0.39 is 0 Å². The fourth-order valence-corrected chi connectivity index (χ4v) is 5.37. The molecule has 0 spiro atoms. The van der Waals surface area contributed by atoms with Crippen molar-refractivity contribution in [1.29, 1.82) is 0 Å². The van der Waals surface area contributed by atoms with Gasteiger partial charge in [-0.15, -0.1) is 0 Å². The Bertz CT molecular complexity index is 793. The van der Waals surface area contributed by atoms with Crippen LogP contribution in [-0.2, 0) is 14.4 Å². The van der Waals surface area contributed by atoms with Crippen molar-refractivity contribution in [1.82, 2.24) is 15.1 Å². The first-order valence-corrected chi connectivity index (χ1v) is 12.7. The topological polar surface area (TPSA) is 81.8 Å². The molecule has 4 rings (SSSR count). The van der Waals surface area contributed by atoms with Gasteiger partial charge < -0.3 is 15.5 Å². The van der Waals surface area contributed by atoms with E-state index in [2.05, 4.69) is 15.5 Å². The molecule has 1 saturated carbocycles. The summed E-state index contributed by atoms with van der Waals surface area (Å²) in [5.74, 6) is 0.601. The zero-order valence-electron chi connectivity index (χ0n) is 19.6. The number of rotatable bonds is 6. The molecule has 0 unspecified atom stereocenters. The third-order valence-electron chi connectivity index (χ3n) is 7.53. The number of nitrogens with one attached hydrogen (secondary N) is 2. The van der Waals surface area contributed by atoms with E-state index in [1.807, 2.05) is 35.2 Å². The lowest BCUT2D eigenvalue weighted by molar-refractivity contribution is -0.136. The van der Waals surface area contributed by atoms with Gasteiger partial charge in [-0.05, 0) is 50.7 Å². The third-order valence-corrected chi connectivity index (χ3v) is 7.53. The molecular weight excluding hydrogens is 416 g/mol. The number of para-hydroxylation sites is 1. The molecule has 2 N–H and O–H groups in total. The molecule has 1 aromatic carbocycles. The minimum atomic E-state index is -0.0437. The Morgan fingerprint density at radius 1 is 0.758 bits per heavy atom. The highest BCUT2D eigenvalue weighted by Crippen LogP contribution is 2.24. The Labute approximate surface area is 197 Å². The lowest BCUT2D eigenvalue weighted by atomic mass is 9.88. The van der Waals surface area contributed by atoms with Crippen molar-refractivity contribution in [2.24, 2.45) is 11.8 Å². The Kier molecular flexibility index (Phi) is 8.37. The average Bonchev–Trinajstić information content (AvgIpc) is 2.86. The monoisotopic (exact) mass is 454 g/mol. The quantitative estimate of drug-likeness (QED) is 0.692. The van der Waals surface area contributed by atoms with Crippen LogP contribution in [0.4, 0.5) is 5.69 Å². The van der Waals surface area contributed by atoms with E-state index >= 15 is 0 Å². The summed E-state index contributed by atoms with van der Waals surface area (Å²) in [5, 5.41) is 6.24. The number of likely N-dealkylation sites (tertiary alicyclic amines) is 2. The molecule has 0 atom stereocenters. The molecule has 180 valence electrons. The van der Waals surface area contributed by atoms with Crippen LogP contribution < -0.4 is 10.6 Å². The Morgan fingerprint density at radius 2 is 1.39 bits per heavy atom. The van der Waals surface area contributed by atoms with Crippen LogP contribution in [0, 0.1) is 11.8 Å². The Balaban J connectivity index is 1.13. The van der Waals surface area contributed by atoms with Crippen LogP contribution in [0.25, 0.3) is 0 Å². The molecule has 1 aliphatic carbocycles. The van der Waals surface area contributed by atoms with Gasteiger partial charge in [-0.2, -0.15) is 0 Å². The Morgan fingerprint density at radius 3 is 2.06 bits per heavy atom. The Hall–Kier alpha value is -2.41. The second-order valence-corrected chi connectivity index (χ2v) is 9.90. The fraction of sp³-hybridized carbons (Fsp3) is 0.654. The fourth-order valence-electron chi connectivity index (χ4n) is 5.37. The molecule has 3 aliphatic rings. The summed E-state index contributed by atoms with van der Waals surface area (Å²) in [4.78, 5) is 41.9. The maximum absolute atomic E-state index is 12.8. The van der Waals surface area contributed by atoms with E-state index in [1.54, 1.807) is 0 Å². The molecule has 1 aromatic rings. The summed E-state index contributed by atoms with van der Waals surface area (Å²) in [5.41, 5.74) is 0.819. The molecule has 0 aromatic heterocycles. The number of piperidine rings is 2. The lowest BCUT2D eigenvalue weighted by Crippen LogP contribution is -2.50. The maximum atomic E-state index is 12.8. The van der Waals surface area contributed by atoms with Gasteiger partial charge in [0.15, 0.2) is 0 Å². The predicted octanol–water partition coefficient (Wildman–Crippen LogP) is 3.02. The standard InChI is InChI=1S/C26H38N4O3/c31-24(30-17-11-21(12-18-30)26(33)27-22-9-5-2-6-10-22)19-29-15-13-23(14-16-29)28-25(32)20-7-3-1-4-8-20/h2,5-6,9-10,20-21,23H,1,3-4,7-8,11-19H2,(H,27,33)(H,28,32). The molecule has 3 amide bonds. The number of hydrogen-bond acceptors (Lipinski definition) is 4. The molecule has 33 heavy (non-hydrogen) atoms. The van der Waals surface area contributed by atoms with Gasteiger partial charge in [0, 0.05) is 49.7 Å². The van der Waals surface area contributed by atoms with Crippen LogP contribution in [-0.4, -0.2) is 66.3 Å². The first-order chi connectivity index (χ1) is 16.1. The summed E-state index contributed by atoms with van der Waals surface area (Å²) in [6.07, 6.45) is 8.91. The number of nitrogens with zero attached hydrogens (tertiary/aromatic N) is 2. The highest BCUT2D eigenvalue weighted by atomic mass is 16.2. The van der Waals surface area contributed by atoms with Crippen molar-refractivity contribution in [3.8, 4) is 0 Å². The zero-order chi connectivity index (χ0) is 23.0. The van der Waals surface area contributed by atoms with Crippen molar-refractivity contribution in [2.45, 2.75) is 63.8 Å². The molecule has 0 radical (unpaired) electrons. The second kappa shape index (κ2) is 11.6. The van der Waals surface area contributed by atoms with Crippen LogP contribution in [0.2, 0.25) is 0 Å². The normalized spacial score (nSPS) is 21.5. The molecule has 0 bridgehead atoms. The average molecular weight is 455 g/mol. The van der Waals surface area contributed by atoms with Crippen LogP contribution in [0.5, 0.6) is 0 Å². The number of anilines is 1. The first-order valence-electron chi connectivity index (χ1n) is 12.7. The van der Waals surface area contributed by atoms with Crippen molar-refractivity contribution in [3.63, 3.8) is 0 Å². The largest absolute Gasteiger partial charge is 0.353 e. The van der Waals surface area contributed by atoms with Crippen molar-refractivity contribution >= 4 is 23.4 Å². The van der Waals surface area contributed by atoms with Gasteiger partial charge in [-0.25, -0.2) is 0 Å². The summed E-state index contributed by atoms with van der Waals surface area (Å²) in [7, 11) is 0. The number of carbonyl (C=O) groups excluding carboxylic acids is 3. The van der Waals surface area contributed by atoms with Gasteiger partial charge in [0.05, 0.1) is 6.54 Å². The van der Waals surface area contributed by atoms with E-state index in [0.29, 0.717) is 32.5 Å². The molecule has 2 saturated heterocycles. The summed E-state index contributed by atoms with van der Waals surface area (Å²) < 4.78 is 0. The van der Waals surface area contributed by atoms with Gasteiger partial charge >= 0.3 is 0 Å². The second-order valence-electron chi connectivity index (χ2n) is 9.90. The van der Waals surface area contributed by atoms with Crippen LogP contribution >= 0.6 is 0 Å². The highest BCUT2D eigenvalue weighted by molar-refractivity contribution is 5.92. The van der Waals surface area contributed by atoms with Crippen molar-refractivity contribution in [2.75, 3.05) is 38.0 Å². The highest BCUT2D eigenvalue weighted by Gasteiger charge is 2.30. The van der Waals surface area contributed by atoms with E-state index in [-0.39, 0.29) is 35.6 Å². The number of carbonyl (C=O) groups is 3. The molecule has 2 aliphatic heterocycles. The maximum Gasteiger partial charge on any atom is 0.236 e. The first kappa shape index (κ1) is 23.7. The molecule has 7 nitrogen and oxygen atoms in total. The number of benzene rings is 1.